The number of hydrogen-bond acceptors (Lipinski definition) is 9. The lowest BCUT2D eigenvalue weighted by atomic mass is 9.92. The predicted octanol–water partition coefficient (Wildman–Crippen LogP) is 29.6. The smallest absolute Gasteiger partial charge is 0.145 e. The van der Waals surface area contributed by atoms with Crippen LogP contribution in [0.15, 0.2) is 462 Å². The minimum atomic E-state index is 0.880. The number of rotatable bonds is 13. The monoisotopic (exact) mass is 1620 g/mol. The van der Waals surface area contributed by atoms with Gasteiger partial charge in [-0.3, -0.25) is 29.5 Å². The van der Waals surface area contributed by atoms with E-state index in [-0.39, 0.29) is 0 Å². The van der Waals surface area contributed by atoms with Gasteiger partial charge in [0.25, 0.3) is 0 Å². The van der Waals surface area contributed by atoms with Crippen LogP contribution in [0.25, 0.3) is 227 Å². The fourth-order valence-corrected chi connectivity index (χ4v) is 17.7. The third kappa shape index (κ3) is 15.1. The molecule has 8 heterocycles. The fourth-order valence-electron chi connectivity index (χ4n) is 17.7. The Hall–Kier alpha value is -17.2. The molecule has 0 fully saturated rings. The van der Waals surface area contributed by atoms with Crippen molar-refractivity contribution in [2.75, 3.05) is 0 Å². The van der Waals surface area contributed by atoms with E-state index in [4.69, 9.17) is 19.9 Å². The van der Waals surface area contributed by atoms with Crippen LogP contribution in [0.3, 0.4) is 0 Å². The van der Waals surface area contributed by atoms with Crippen LogP contribution in [0.1, 0.15) is 0 Å². The van der Waals surface area contributed by atoms with Crippen LogP contribution < -0.4 is 0 Å². The summed E-state index contributed by atoms with van der Waals surface area (Å²) in [7, 11) is 0. The van der Waals surface area contributed by atoms with E-state index in [2.05, 4.69) is 351 Å². The first-order chi connectivity index (χ1) is 62.9. The number of pyridine rings is 6. The van der Waals surface area contributed by atoms with Crippen molar-refractivity contribution in [3.05, 3.63) is 462 Å². The Labute approximate surface area is 733 Å². The summed E-state index contributed by atoms with van der Waals surface area (Å²) in [6.07, 6.45) is 12.8. The van der Waals surface area contributed by atoms with Crippen LogP contribution in [-0.4, -0.2) is 49.4 Å². The minimum Gasteiger partial charge on any atom is -0.292 e. The maximum absolute atomic E-state index is 5.12. The Morgan fingerprint density at radius 3 is 0.945 bits per heavy atom. The Morgan fingerprint density at radius 1 is 0.181 bits per heavy atom. The Bertz CT molecular complexity index is 8230. The molecule has 594 valence electrons. The first-order valence-corrected chi connectivity index (χ1v) is 42.6. The van der Waals surface area contributed by atoms with Crippen molar-refractivity contribution in [2.24, 2.45) is 0 Å². The van der Waals surface area contributed by atoms with Gasteiger partial charge in [-0.05, 0) is 240 Å². The molecule has 0 N–H and O–H groups in total. The summed E-state index contributed by atoms with van der Waals surface area (Å²) in [5.74, 6) is 0.934. The molecule has 0 aliphatic heterocycles. The van der Waals surface area contributed by atoms with E-state index >= 15 is 0 Å². The van der Waals surface area contributed by atoms with Crippen LogP contribution in [0.2, 0.25) is 0 Å². The Balaban J connectivity index is 0.000000113. The molecule has 0 saturated heterocycles. The highest BCUT2D eigenvalue weighted by Crippen LogP contribution is 2.43. The number of benzene rings is 16. The largest absolute Gasteiger partial charge is 0.292 e. The normalized spacial score (nSPS) is 11.3. The maximum atomic E-state index is 5.12. The predicted molar refractivity (Wildman–Crippen MR) is 524 cm³/mol. The second-order valence-corrected chi connectivity index (χ2v) is 31.6. The van der Waals surface area contributed by atoms with Gasteiger partial charge in [0.1, 0.15) is 5.82 Å². The van der Waals surface area contributed by atoms with E-state index in [9.17, 15) is 0 Å². The van der Waals surface area contributed by atoms with Gasteiger partial charge in [0.2, 0.25) is 0 Å². The van der Waals surface area contributed by atoms with Crippen molar-refractivity contribution in [3.63, 3.8) is 0 Å². The van der Waals surface area contributed by atoms with Crippen molar-refractivity contribution < 1.29 is 0 Å². The molecule has 10 nitrogen and oxygen atoms in total. The first kappa shape index (κ1) is 76.0. The van der Waals surface area contributed by atoms with E-state index in [0.29, 0.717) is 0 Å². The zero-order valence-electron chi connectivity index (χ0n) is 68.9. The molecular formula is C117H76N10. The van der Waals surface area contributed by atoms with E-state index in [1.54, 1.807) is 24.8 Å². The van der Waals surface area contributed by atoms with Gasteiger partial charge in [0.15, 0.2) is 0 Å². The fraction of sp³-hybridized carbons (Fsp3) is 0. The van der Waals surface area contributed by atoms with Crippen LogP contribution in [0, 0.1) is 0 Å². The van der Waals surface area contributed by atoms with Crippen molar-refractivity contribution in [1.82, 2.24) is 49.4 Å². The highest BCUT2D eigenvalue weighted by molar-refractivity contribution is 6.15. The molecule has 0 amide bonds. The highest BCUT2D eigenvalue weighted by Gasteiger charge is 2.21. The summed E-state index contributed by atoms with van der Waals surface area (Å²) in [5.41, 5.74) is 33.2. The van der Waals surface area contributed by atoms with Gasteiger partial charge in [-0.1, -0.05) is 273 Å². The third-order valence-corrected chi connectivity index (χ3v) is 23.8. The molecule has 0 atom stereocenters. The van der Waals surface area contributed by atoms with Crippen molar-refractivity contribution in [1.29, 1.82) is 0 Å². The molecule has 0 spiro atoms. The third-order valence-electron chi connectivity index (χ3n) is 23.8. The SMILES string of the molecule is c1cc(-c2cccc(-c3cc4cccnc4c4ccccc34)c2)cc(-c2cc(-c3ccncc3)nc(-c3ccncc3)c2)c1.c1ccc(-c2nc3ccccc3nc2-c2cccc(-c3cccc(-c4cc5cccnc5c5ccccc45)c3)c2)cc1.c1ccc(-n2c(-c3cccc(-c4cccc(-c5cc6cccnc6c6ccccc56)c4)c3)nc3ccccc32)cc1. The maximum Gasteiger partial charge on any atom is 0.145 e. The second-order valence-electron chi connectivity index (χ2n) is 31.6. The van der Waals surface area contributed by atoms with E-state index < -0.39 is 0 Å². The van der Waals surface area contributed by atoms with Crippen LogP contribution >= 0.6 is 0 Å². The highest BCUT2D eigenvalue weighted by atomic mass is 15.1. The molecule has 8 aromatic heterocycles. The summed E-state index contributed by atoms with van der Waals surface area (Å²) in [6.45, 7) is 0. The average molecular weight is 1620 g/mol. The molecule has 127 heavy (non-hydrogen) atoms. The number of aromatic nitrogens is 10. The van der Waals surface area contributed by atoms with Crippen LogP contribution in [-0.2, 0) is 0 Å². The van der Waals surface area contributed by atoms with Gasteiger partial charge in [-0.25, -0.2) is 19.9 Å². The molecule has 16 aromatic carbocycles. The number of nitrogens with zero attached hydrogens (tertiary/aromatic N) is 10. The van der Waals surface area contributed by atoms with Gasteiger partial charge in [-0.15, -0.1) is 0 Å². The lowest BCUT2D eigenvalue weighted by Gasteiger charge is -2.13. The van der Waals surface area contributed by atoms with Crippen LogP contribution in [0.5, 0.6) is 0 Å². The Morgan fingerprint density at radius 2 is 0.504 bits per heavy atom. The van der Waals surface area contributed by atoms with E-state index in [1.165, 1.54) is 71.3 Å². The van der Waals surface area contributed by atoms with Crippen molar-refractivity contribution in [2.45, 2.75) is 0 Å². The summed E-state index contributed by atoms with van der Waals surface area (Å²) in [5, 5.41) is 10.6. The molecule has 0 radical (unpaired) electrons. The molecule has 0 unspecified atom stereocenters. The van der Waals surface area contributed by atoms with E-state index in [1.807, 2.05) is 116 Å². The quantitative estimate of drug-likeness (QED) is 0.104. The molecule has 0 bridgehead atoms. The van der Waals surface area contributed by atoms with Gasteiger partial charge < -0.3 is 0 Å². The molecule has 24 rings (SSSR count). The van der Waals surface area contributed by atoms with Crippen molar-refractivity contribution in [3.8, 4) is 140 Å². The topological polar surface area (TPSA) is 121 Å². The van der Waals surface area contributed by atoms with E-state index in [0.717, 1.165) is 156 Å². The van der Waals surface area contributed by atoms with Gasteiger partial charge in [0.05, 0.1) is 61.4 Å². The zero-order chi connectivity index (χ0) is 84.4. The average Bonchev–Trinajstić information content (AvgIpc) is 1.75. The molecule has 0 aliphatic rings. The number of imidazole rings is 1. The molecule has 0 aliphatic carbocycles. The molecule has 0 saturated carbocycles. The van der Waals surface area contributed by atoms with Gasteiger partial charge in [-0.2, -0.15) is 0 Å². The summed E-state index contributed by atoms with van der Waals surface area (Å²) in [4.78, 5) is 42.7. The van der Waals surface area contributed by atoms with Gasteiger partial charge in [0, 0.05) is 109 Å². The summed E-state index contributed by atoms with van der Waals surface area (Å²) >= 11 is 0. The minimum absolute atomic E-state index is 0.880. The zero-order valence-corrected chi connectivity index (χ0v) is 68.9. The first-order valence-electron chi connectivity index (χ1n) is 42.6. The lowest BCUT2D eigenvalue weighted by Crippen LogP contribution is -1.97. The van der Waals surface area contributed by atoms with Gasteiger partial charge >= 0.3 is 0 Å². The standard InChI is InChI=1S/C40H26N4.C39H25N3.C38H25N3/c1-2-12-36-35(11-1)37(24-33-10-5-17-43-40(33)36)32-9-4-7-30(23-32)29-6-3-8-31(22-29)34-25-38(27-13-18-41-19-14-27)44-39(26-34)28-15-20-42-21-16-28;1-2-11-26(12-3-1)38-39(42-36-21-7-6-20-35(36)41-38)30-16-9-14-28(24-30)27-13-8-15-29(23-27)34-25-31-17-10-22-40-37(31)33-19-5-4-18-32(33)34;1-2-16-31(17-3-1)41-36-21-7-6-20-35(36)40-38(41)30-14-9-12-27(24-30)26-11-8-13-28(23-26)34-25-29-15-10-22-39-37(29)33-19-5-4-18-32(33)34/h1-26H;1-25H;1-25H. The number of hydrogen-bond donors (Lipinski definition) is 0. The number of fused-ring (bicyclic) bond motifs is 11. The lowest BCUT2D eigenvalue weighted by molar-refractivity contribution is 1.10. The summed E-state index contributed by atoms with van der Waals surface area (Å²) in [6, 6.07) is 147. The summed E-state index contributed by atoms with van der Waals surface area (Å²) < 4.78 is 2.25. The molecule has 24 aromatic rings. The molecular weight excluding hydrogens is 1550 g/mol. The Kier molecular flexibility index (Phi) is 20.1. The van der Waals surface area contributed by atoms with Crippen LogP contribution in [0.4, 0.5) is 0 Å². The second kappa shape index (κ2) is 33.7. The molecule has 10 heteroatoms. The van der Waals surface area contributed by atoms with Crippen molar-refractivity contribution >= 4 is 87.1 Å². The number of para-hydroxylation sites is 5.